The fourth-order valence-corrected chi connectivity index (χ4v) is 0.597. The van der Waals surface area contributed by atoms with Crippen molar-refractivity contribution in [3.05, 3.63) is 11.5 Å². The number of hydrogen-bond donors (Lipinski definition) is 1. The lowest BCUT2D eigenvalue weighted by molar-refractivity contribution is 0.424. The minimum Gasteiger partial charge on any atom is -0.367 e. The molecule has 0 aromatic carbocycles. The van der Waals surface area contributed by atoms with Gasteiger partial charge in [0, 0.05) is 7.05 Å². The van der Waals surface area contributed by atoms with Gasteiger partial charge in [0.25, 0.3) is 0 Å². The van der Waals surface area contributed by atoms with Crippen LogP contribution in [0.2, 0.25) is 0 Å². The minimum absolute atomic E-state index is 0.617. The van der Waals surface area contributed by atoms with Crippen molar-refractivity contribution in [3.63, 3.8) is 0 Å². The van der Waals surface area contributed by atoms with Gasteiger partial charge in [-0.2, -0.15) is 0 Å². The highest BCUT2D eigenvalue weighted by atomic mass is 35.5. The van der Waals surface area contributed by atoms with Gasteiger partial charge in [-0.15, -0.1) is 0 Å². The van der Waals surface area contributed by atoms with E-state index in [1.54, 1.807) is 7.05 Å². The van der Waals surface area contributed by atoms with E-state index in [-0.39, 0.29) is 0 Å². The summed E-state index contributed by atoms with van der Waals surface area (Å²) in [4.78, 5) is 0. The van der Waals surface area contributed by atoms with E-state index < -0.39 is 0 Å². The first-order chi connectivity index (χ1) is 3.72. The second kappa shape index (κ2) is 3.61. The first-order valence-corrected chi connectivity index (χ1v) is 2.67. The molecule has 0 aromatic heterocycles. The summed E-state index contributed by atoms with van der Waals surface area (Å²) < 4.78 is 4.40. The van der Waals surface area contributed by atoms with Gasteiger partial charge in [-0.25, -0.2) is 0 Å². The van der Waals surface area contributed by atoms with Crippen molar-refractivity contribution in [3.8, 4) is 0 Å². The standard InChI is InChI=1S/C5H10ClNO/c1-4(2)5(7-3)8-6/h7H,1-3H3. The smallest absolute Gasteiger partial charge is 0.209 e. The maximum Gasteiger partial charge on any atom is 0.209 e. The Bertz CT molecular complexity index is 90.6. The molecular weight excluding hydrogens is 126 g/mol. The zero-order chi connectivity index (χ0) is 6.57. The molecule has 0 radical (unpaired) electrons. The van der Waals surface area contributed by atoms with E-state index in [0.29, 0.717) is 5.88 Å². The SMILES string of the molecule is CNC(OCl)=C(C)C. The third-order valence-corrected chi connectivity index (χ3v) is 0.913. The van der Waals surface area contributed by atoms with E-state index in [9.17, 15) is 0 Å². The summed E-state index contributed by atoms with van der Waals surface area (Å²) in [7, 11) is 1.75. The highest BCUT2D eigenvalue weighted by molar-refractivity contribution is 6.08. The maximum atomic E-state index is 5.04. The fraction of sp³-hybridized carbons (Fsp3) is 0.600. The summed E-state index contributed by atoms with van der Waals surface area (Å²) >= 11 is 5.04. The van der Waals surface area contributed by atoms with Crippen molar-refractivity contribution in [1.29, 1.82) is 0 Å². The molecule has 0 rings (SSSR count). The molecule has 0 aliphatic carbocycles. The number of halogens is 1. The van der Waals surface area contributed by atoms with Crippen LogP contribution in [0.3, 0.4) is 0 Å². The van der Waals surface area contributed by atoms with Crippen molar-refractivity contribution in [2.24, 2.45) is 0 Å². The Labute approximate surface area is 54.6 Å². The lowest BCUT2D eigenvalue weighted by Gasteiger charge is -2.01. The van der Waals surface area contributed by atoms with Crippen LogP contribution in [-0.4, -0.2) is 7.05 Å². The van der Waals surface area contributed by atoms with Crippen LogP contribution < -0.4 is 5.32 Å². The Morgan fingerprint density at radius 3 is 2.00 bits per heavy atom. The topological polar surface area (TPSA) is 21.3 Å². The monoisotopic (exact) mass is 135 g/mol. The van der Waals surface area contributed by atoms with Gasteiger partial charge < -0.3 is 9.61 Å². The van der Waals surface area contributed by atoms with Crippen LogP contribution in [0.4, 0.5) is 0 Å². The second-order valence-corrected chi connectivity index (χ2v) is 1.81. The third-order valence-electron chi connectivity index (χ3n) is 0.758. The molecule has 0 heterocycles. The summed E-state index contributed by atoms with van der Waals surface area (Å²) in [6.45, 7) is 3.82. The molecule has 0 unspecified atom stereocenters. The molecular formula is C5H10ClNO. The van der Waals surface area contributed by atoms with E-state index in [2.05, 4.69) is 9.61 Å². The van der Waals surface area contributed by atoms with Crippen LogP contribution in [0.25, 0.3) is 0 Å². The lowest BCUT2D eigenvalue weighted by Crippen LogP contribution is -2.06. The first-order valence-electron chi connectivity index (χ1n) is 2.36. The molecule has 0 saturated heterocycles. The minimum atomic E-state index is 0.617. The predicted molar refractivity (Wildman–Crippen MR) is 34.4 cm³/mol. The molecule has 2 nitrogen and oxygen atoms in total. The second-order valence-electron chi connectivity index (χ2n) is 1.66. The van der Waals surface area contributed by atoms with Gasteiger partial charge in [-0.3, -0.25) is 0 Å². The van der Waals surface area contributed by atoms with E-state index in [1.165, 1.54) is 0 Å². The molecule has 0 saturated carbocycles. The molecule has 0 aliphatic rings. The molecule has 0 bridgehead atoms. The van der Waals surface area contributed by atoms with Gasteiger partial charge in [0.1, 0.15) is 11.9 Å². The molecule has 3 heteroatoms. The van der Waals surface area contributed by atoms with Crippen molar-refractivity contribution < 1.29 is 4.29 Å². The normalized spacial score (nSPS) is 8.00. The molecule has 0 fully saturated rings. The third kappa shape index (κ3) is 2.07. The van der Waals surface area contributed by atoms with Gasteiger partial charge in [-0.05, 0) is 19.4 Å². The maximum absolute atomic E-state index is 5.04. The summed E-state index contributed by atoms with van der Waals surface area (Å²) in [6, 6.07) is 0. The zero-order valence-electron chi connectivity index (χ0n) is 5.29. The molecule has 0 atom stereocenters. The van der Waals surface area contributed by atoms with Crippen molar-refractivity contribution in [2.75, 3.05) is 7.05 Å². The van der Waals surface area contributed by atoms with Gasteiger partial charge >= 0.3 is 0 Å². The van der Waals surface area contributed by atoms with Crippen LogP contribution >= 0.6 is 11.9 Å². The molecule has 0 amide bonds. The highest BCUT2D eigenvalue weighted by Gasteiger charge is 1.92. The molecule has 1 N–H and O–H groups in total. The molecule has 0 spiro atoms. The predicted octanol–water partition coefficient (Wildman–Crippen LogP) is 1.63. The van der Waals surface area contributed by atoms with Gasteiger partial charge in [0.15, 0.2) is 0 Å². The Morgan fingerprint density at radius 1 is 1.50 bits per heavy atom. The van der Waals surface area contributed by atoms with Crippen LogP contribution in [0.5, 0.6) is 0 Å². The van der Waals surface area contributed by atoms with Crippen molar-refractivity contribution in [1.82, 2.24) is 5.32 Å². The number of nitrogens with one attached hydrogen (secondary N) is 1. The first kappa shape index (κ1) is 7.63. The van der Waals surface area contributed by atoms with Crippen LogP contribution in [-0.2, 0) is 4.29 Å². The van der Waals surface area contributed by atoms with E-state index >= 15 is 0 Å². The van der Waals surface area contributed by atoms with Gasteiger partial charge in [-0.1, -0.05) is 0 Å². The Kier molecular flexibility index (Phi) is 3.44. The molecule has 8 heavy (non-hydrogen) atoms. The van der Waals surface area contributed by atoms with E-state index in [4.69, 9.17) is 11.9 Å². The van der Waals surface area contributed by atoms with Crippen LogP contribution in [0.1, 0.15) is 13.8 Å². The average Bonchev–Trinajstić information content (AvgIpc) is 1.69. The fourth-order valence-electron chi connectivity index (χ4n) is 0.366. The Morgan fingerprint density at radius 2 is 2.00 bits per heavy atom. The largest absolute Gasteiger partial charge is 0.367 e. The summed E-state index contributed by atoms with van der Waals surface area (Å²) in [5, 5.41) is 2.78. The van der Waals surface area contributed by atoms with Gasteiger partial charge in [0.2, 0.25) is 5.88 Å². The zero-order valence-corrected chi connectivity index (χ0v) is 6.04. The molecule has 0 aliphatic heterocycles. The number of rotatable bonds is 2. The number of hydrogen-bond acceptors (Lipinski definition) is 2. The van der Waals surface area contributed by atoms with E-state index in [1.807, 2.05) is 13.8 Å². The van der Waals surface area contributed by atoms with Crippen LogP contribution in [0.15, 0.2) is 11.5 Å². The molecule has 0 aromatic rings. The molecule has 48 valence electrons. The summed E-state index contributed by atoms with van der Waals surface area (Å²) in [6.07, 6.45) is 0. The van der Waals surface area contributed by atoms with Gasteiger partial charge in [0.05, 0.1) is 0 Å². The number of allylic oxidation sites excluding steroid dienone is 1. The summed E-state index contributed by atoms with van der Waals surface area (Å²) in [5.74, 6) is 0.617. The van der Waals surface area contributed by atoms with Crippen molar-refractivity contribution >= 4 is 11.9 Å². The summed E-state index contributed by atoms with van der Waals surface area (Å²) in [5.41, 5.74) is 1.03. The lowest BCUT2D eigenvalue weighted by atomic mass is 10.4. The Hall–Kier alpha value is -0.370. The quantitative estimate of drug-likeness (QED) is 0.581. The van der Waals surface area contributed by atoms with Crippen molar-refractivity contribution in [2.45, 2.75) is 13.8 Å². The van der Waals surface area contributed by atoms with Crippen LogP contribution in [0, 0.1) is 0 Å². The average molecular weight is 136 g/mol. The Balaban J connectivity index is 3.86. The highest BCUT2D eigenvalue weighted by Crippen LogP contribution is 2.01. The van der Waals surface area contributed by atoms with E-state index in [0.717, 1.165) is 5.57 Å².